The van der Waals surface area contributed by atoms with E-state index in [1.165, 1.54) is 0 Å². The number of fused-ring (bicyclic) bond motifs is 1. The third-order valence-corrected chi connectivity index (χ3v) is 3.88. The summed E-state index contributed by atoms with van der Waals surface area (Å²) in [7, 11) is 0. The van der Waals surface area contributed by atoms with Crippen molar-refractivity contribution >= 4 is 11.0 Å². The van der Waals surface area contributed by atoms with E-state index in [0.29, 0.717) is 17.9 Å². The molecule has 0 saturated carbocycles. The Morgan fingerprint density at radius 2 is 1.76 bits per heavy atom. The minimum atomic E-state index is -0.507. The summed E-state index contributed by atoms with van der Waals surface area (Å²) in [6, 6.07) is 16.8. The predicted molar refractivity (Wildman–Crippen MR) is 95.1 cm³/mol. The van der Waals surface area contributed by atoms with Crippen molar-refractivity contribution in [1.82, 2.24) is 10.2 Å². The van der Waals surface area contributed by atoms with Crippen LogP contribution in [-0.2, 0) is 6.42 Å². The van der Waals surface area contributed by atoms with Crippen LogP contribution in [-0.4, -0.2) is 10.2 Å². The largest absolute Gasteiger partial charge is 0.422 e. The quantitative estimate of drug-likeness (QED) is 0.413. The van der Waals surface area contributed by atoms with Gasteiger partial charge < -0.3 is 8.83 Å². The number of hydrogen-bond acceptors (Lipinski definition) is 5. The van der Waals surface area contributed by atoms with Crippen molar-refractivity contribution in [3.05, 3.63) is 83.2 Å². The first-order valence-electron chi connectivity index (χ1n) is 7.82. The summed E-state index contributed by atoms with van der Waals surface area (Å²) in [6.45, 7) is 3.73. The molecule has 0 saturated heterocycles. The van der Waals surface area contributed by atoms with Crippen molar-refractivity contribution in [2.45, 2.75) is 6.42 Å². The van der Waals surface area contributed by atoms with Crippen LogP contribution in [0.5, 0.6) is 0 Å². The molecule has 0 fully saturated rings. The van der Waals surface area contributed by atoms with Crippen LogP contribution in [0.25, 0.3) is 33.9 Å². The molecule has 0 spiro atoms. The summed E-state index contributed by atoms with van der Waals surface area (Å²) in [5.41, 5.74) is 2.00. The molecule has 2 aromatic heterocycles. The van der Waals surface area contributed by atoms with Crippen LogP contribution >= 0.6 is 0 Å². The Morgan fingerprint density at radius 3 is 2.56 bits per heavy atom. The van der Waals surface area contributed by atoms with Gasteiger partial charge in [0.2, 0.25) is 5.89 Å². The Labute approximate surface area is 143 Å². The number of aromatic nitrogens is 2. The van der Waals surface area contributed by atoms with Gasteiger partial charge in [-0.1, -0.05) is 42.5 Å². The van der Waals surface area contributed by atoms with Crippen molar-refractivity contribution in [2.24, 2.45) is 0 Å². The van der Waals surface area contributed by atoms with Crippen LogP contribution < -0.4 is 5.63 Å². The normalized spacial score (nSPS) is 10.9. The minimum absolute atomic E-state index is 0.142. The third-order valence-electron chi connectivity index (χ3n) is 3.88. The Balaban J connectivity index is 1.82. The number of allylic oxidation sites excluding steroid dienone is 1. The van der Waals surface area contributed by atoms with E-state index in [4.69, 9.17) is 8.83 Å². The van der Waals surface area contributed by atoms with Crippen molar-refractivity contribution < 1.29 is 8.83 Å². The number of nitrogens with zero attached hydrogens (tertiary/aromatic N) is 2. The first-order valence-corrected chi connectivity index (χ1v) is 7.82. The maximum absolute atomic E-state index is 12.4. The minimum Gasteiger partial charge on any atom is -0.422 e. The maximum Gasteiger partial charge on any atom is 0.349 e. The van der Waals surface area contributed by atoms with Crippen LogP contribution in [0.4, 0.5) is 0 Å². The third kappa shape index (κ3) is 2.76. The fraction of sp³-hybridized carbons (Fsp3) is 0.0500. The van der Waals surface area contributed by atoms with Gasteiger partial charge in [-0.25, -0.2) is 4.79 Å². The van der Waals surface area contributed by atoms with Gasteiger partial charge in [0, 0.05) is 10.9 Å². The molecule has 5 heteroatoms. The Bertz CT molecular complexity index is 1110. The average molecular weight is 330 g/mol. The monoisotopic (exact) mass is 330 g/mol. The van der Waals surface area contributed by atoms with Crippen LogP contribution in [0.2, 0.25) is 0 Å². The average Bonchev–Trinajstić information content (AvgIpc) is 3.13. The molecule has 2 aromatic carbocycles. The summed E-state index contributed by atoms with van der Waals surface area (Å²) in [6.07, 6.45) is 2.39. The first kappa shape index (κ1) is 15.1. The molecular formula is C20H14N2O3. The van der Waals surface area contributed by atoms with Gasteiger partial charge in [-0.2, -0.15) is 0 Å². The summed E-state index contributed by atoms with van der Waals surface area (Å²) in [5, 5.41) is 8.82. The molecule has 0 radical (unpaired) electrons. The zero-order valence-electron chi connectivity index (χ0n) is 13.3. The molecule has 122 valence electrons. The molecule has 0 atom stereocenters. The topological polar surface area (TPSA) is 69.1 Å². The molecule has 2 heterocycles. The molecule has 4 rings (SSSR count). The molecule has 0 aliphatic rings. The number of benzene rings is 2. The fourth-order valence-corrected chi connectivity index (χ4v) is 2.70. The van der Waals surface area contributed by atoms with E-state index >= 15 is 0 Å². The molecular weight excluding hydrogens is 316 g/mol. The molecule has 0 unspecified atom stereocenters. The lowest BCUT2D eigenvalue weighted by Crippen LogP contribution is -2.04. The molecule has 5 nitrogen and oxygen atoms in total. The van der Waals surface area contributed by atoms with Crippen molar-refractivity contribution in [2.75, 3.05) is 0 Å². The van der Waals surface area contributed by atoms with Gasteiger partial charge in [0.15, 0.2) is 0 Å². The Morgan fingerprint density at radius 1 is 0.960 bits per heavy atom. The van der Waals surface area contributed by atoms with E-state index in [9.17, 15) is 4.79 Å². The standard InChI is InChI=1S/C20H14N2O3/c1-2-7-13-10-6-11-15-12-16(20(23)24-17(13)15)19-22-21-18(25-19)14-8-4-3-5-9-14/h2-6,8-12H,1,7H2. The molecule has 0 N–H and O–H groups in total. The summed E-state index contributed by atoms with van der Waals surface area (Å²) < 4.78 is 11.2. The molecule has 25 heavy (non-hydrogen) atoms. The van der Waals surface area contributed by atoms with Gasteiger partial charge in [-0.15, -0.1) is 16.8 Å². The highest BCUT2D eigenvalue weighted by atomic mass is 16.4. The van der Waals surface area contributed by atoms with E-state index in [2.05, 4.69) is 16.8 Å². The van der Waals surface area contributed by atoms with Gasteiger partial charge >= 0.3 is 5.63 Å². The SMILES string of the molecule is C=CCc1cccc2cc(-c3nnc(-c4ccccc4)o3)c(=O)oc12. The maximum atomic E-state index is 12.4. The van der Waals surface area contributed by atoms with Crippen molar-refractivity contribution in [1.29, 1.82) is 0 Å². The van der Waals surface area contributed by atoms with Crippen LogP contribution in [0.15, 0.2) is 80.9 Å². The van der Waals surface area contributed by atoms with Gasteiger partial charge in [0.1, 0.15) is 11.1 Å². The fourth-order valence-electron chi connectivity index (χ4n) is 2.70. The van der Waals surface area contributed by atoms with E-state index in [1.54, 1.807) is 12.1 Å². The van der Waals surface area contributed by atoms with Crippen LogP contribution in [0, 0.1) is 0 Å². The second kappa shape index (κ2) is 6.20. The number of hydrogen-bond donors (Lipinski definition) is 0. The molecule has 0 amide bonds. The highest BCUT2D eigenvalue weighted by Crippen LogP contribution is 2.25. The van der Waals surface area contributed by atoms with Crippen molar-refractivity contribution in [3.8, 4) is 22.9 Å². The predicted octanol–water partition coefficient (Wildman–Crippen LogP) is 4.24. The molecule has 0 aliphatic heterocycles. The smallest absolute Gasteiger partial charge is 0.349 e. The Kier molecular flexibility index (Phi) is 3.74. The lowest BCUT2D eigenvalue weighted by atomic mass is 10.1. The van der Waals surface area contributed by atoms with E-state index < -0.39 is 5.63 Å². The Hall–Kier alpha value is -3.47. The van der Waals surface area contributed by atoms with E-state index in [1.807, 2.05) is 48.5 Å². The second-order valence-corrected chi connectivity index (χ2v) is 5.55. The van der Waals surface area contributed by atoms with Gasteiger partial charge in [0.05, 0.1) is 0 Å². The summed E-state index contributed by atoms with van der Waals surface area (Å²) >= 11 is 0. The summed E-state index contributed by atoms with van der Waals surface area (Å²) in [4.78, 5) is 12.4. The van der Waals surface area contributed by atoms with Crippen LogP contribution in [0.1, 0.15) is 5.56 Å². The molecule has 4 aromatic rings. The zero-order valence-corrected chi connectivity index (χ0v) is 13.3. The lowest BCUT2D eigenvalue weighted by molar-refractivity contribution is 0.545. The van der Waals surface area contributed by atoms with Crippen molar-refractivity contribution in [3.63, 3.8) is 0 Å². The first-order chi connectivity index (χ1) is 12.3. The zero-order chi connectivity index (χ0) is 17.2. The van der Waals surface area contributed by atoms with Gasteiger partial charge in [0.25, 0.3) is 5.89 Å². The van der Waals surface area contributed by atoms with Crippen LogP contribution in [0.3, 0.4) is 0 Å². The second-order valence-electron chi connectivity index (χ2n) is 5.55. The van der Waals surface area contributed by atoms with E-state index in [0.717, 1.165) is 16.5 Å². The number of para-hydroxylation sites is 1. The van der Waals surface area contributed by atoms with Gasteiger partial charge in [-0.3, -0.25) is 0 Å². The van der Waals surface area contributed by atoms with E-state index in [-0.39, 0.29) is 11.5 Å². The molecule has 0 bridgehead atoms. The van der Waals surface area contributed by atoms with Gasteiger partial charge in [-0.05, 0) is 30.2 Å². The molecule has 0 aliphatic carbocycles. The summed E-state index contributed by atoms with van der Waals surface area (Å²) in [5.74, 6) is 0.499. The highest BCUT2D eigenvalue weighted by Gasteiger charge is 2.16. The highest BCUT2D eigenvalue weighted by molar-refractivity contribution is 5.83. The number of rotatable bonds is 4. The lowest BCUT2D eigenvalue weighted by Gasteiger charge is -2.03.